The SMILES string of the molecule is CC(C)(CNC(=O)c1cccc2c1OCCO2)C(N)=S. The average Bonchev–Trinajstić information content (AvgIpc) is 2.44. The van der Waals surface area contributed by atoms with E-state index in [1.807, 2.05) is 13.8 Å². The molecule has 1 aliphatic rings. The van der Waals surface area contributed by atoms with E-state index in [1.54, 1.807) is 18.2 Å². The number of carbonyl (C=O) groups is 1. The van der Waals surface area contributed by atoms with Gasteiger partial charge in [-0.15, -0.1) is 0 Å². The van der Waals surface area contributed by atoms with E-state index in [0.717, 1.165) is 0 Å². The summed E-state index contributed by atoms with van der Waals surface area (Å²) in [6, 6.07) is 5.25. The Kier molecular flexibility index (Phi) is 4.13. The molecule has 20 heavy (non-hydrogen) atoms. The van der Waals surface area contributed by atoms with Gasteiger partial charge in [-0.05, 0) is 12.1 Å². The molecule has 0 saturated carbocycles. The molecule has 1 aromatic rings. The highest BCUT2D eigenvalue weighted by atomic mass is 32.1. The minimum atomic E-state index is -0.433. The van der Waals surface area contributed by atoms with Gasteiger partial charge in [-0.3, -0.25) is 4.79 Å². The van der Waals surface area contributed by atoms with Crippen LogP contribution in [-0.4, -0.2) is 30.7 Å². The van der Waals surface area contributed by atoms with E-state index >= 15 is 0 Å². The summed E-state index contributed by atoms with van der Waals surface area (Å²) in [5, 5.41) is 2.83. The first-order valence-corrected chi connectivity index (χ1v) is 6.79. The number of rotatable bonds is 4. The van der Waals surface area contributed by atoms with Crippen LogP contribution in [-0.2, 0) is 0 Å². The molecule has 1 aromatic carbocycles. The molecule has 0 aromatic heterocycles. The van der Waals surface area contributed by atoms with E-state index in [2.05, 4.69) is 5.32 Å². The lowest BCUT2D eigenvalue weighted by molar-refractivity contribution is 0.0934. The van der Waals surface area contributed by atoms with Gasteiger partial charge in [0, 0.05) is 12.0 Å². The third-order valence-corrected chi connectivity index (χ3v) is 3.72. The van der Waals surface area contributed by atoms with E-state index in [4.69, 9.17) is 27.4 Å². The van der Waals surface area contributed by atoms with Crippen molar-refractivity contribution in [3.05, 3.63) is 23.8 Å². The zero-order valence-electron chi connectivity index (χ0n) is 11.6. The number of ether oxygens (including phenoxy) is 2. The van der Waals surface area contributed by atoms with E-state index in [9.17, 15) is 4.79 Å². The van der Waals surface area contributed by atoms with E-state index < -0.39 is 5.41 Å². The number of amides is 1. The van der Waals surface area contributed by atoms with Crippen molar-refractivity contribution in [2.24, 2.45) is 11.1 Å². The molecule has 1 aliphatic heterocycles. The summed E-state index contributed by atoms with van der Waals surface area (Å²) < 4.78 is 11.0. The number of fused-ring (bicyclic) bond motifs is 1. The summed E-state index contributed by atoms with van der Waals surface area (Å²) in [4.78, 5) is 12.6. The summed E-state index contributed by atoms with van der Waals surface area (Å²) in [6.07, 6.45) is 0. The van der Waals surface area contributed by atoms with Gasteiger partial charge in [-0.2, -0.15) is 0 Å². The molecule has 0 unspecified atom stereocenters. The second-order valence-electron chi connectivity index (χ2n) is 5.26. The molecule has 0 atom stereocenters. The van der Waals surface area contributed by atoms with E-state index in [-0.39, 0.29) is 5.91 Å². The van der Waals surface area contributed by atoms with Crippen LogP contribution in [0.5, 0.6) is 11.5 Å². The molecule has 108 valence electrons. The Morgan fingerprint density at radius 2 is 2.10 bits per heavy atom. The van der Waals surface area contributed by atoms with Crippen LogP contribution in [0.4, 0.5) is 0 Å². The van der Waals surface area contributed by atoms with Crippen LogP contribution in [0.3, 0.4) is 0 Å². The number of benzene rings is 1. The van der Waals surface area contributed by atoms with E-state index in [1.165, 1.54) is 0 Å². The summed E-state index contributed by atoms with van der Waals surface area (Å²) >= 11 is 4.98. The normalized spacial score (nSPS) is 13.7. The van der Waals surface area contributed by atoms with Gasteiger partial charge < -0.3 is 20.5 Å². The summed E-state index contributed by atoms with van der Waals surface area (Å²) in [5.74, 6) is 0.860. The molecule has 1 amide bonds. The second-order valence-corrected chi connectivity index (χ2v) is 5.70. The molecule has 6 heteroatoms. The molecule has 0 aliphatic carbocycles. The summed E-state index contributed by atoms with van der Waals surface area (Å²) in [7, 11) is 0. The first kappa shape index (κ1) is 14.6. The zero-order chi connectivity index (χ0) is 14.8. The minimum absolute atomic E-state index is 0.225. The molecule has 2 rings (SSSR count). The smallest absolute Gasteiger partial charge is 0.255 e. The third kappa shape index (κ3) is 3.01. The fraction of sp³-hybridized carbons (Fsp3) is 0.429. The van der Waals surface area contributed by atoms with Crippen LogP contribution >= 0.6 is 12.2 Å². The summed E-state index contributed by atoms with van der Waals surface area (Å²) in [6.45, 7) is 5.07. The van der Waals surface area contributed by atoms with E-state index in [0.29, 0.717) is 41.8 Å². The van der Waals surface area contributed by atoms with Gasteiger partial charge in [0.05, 0.1) is 10.6 Å². The van der Waals surface area contributed by atoms with Crippen molar-refractivity contribution in [1.82, 2.24) is 5.32 Å². The Balaban J connectivity index is 2.12. The Morgan fingerprint density at radius 1 is 1.40 bits per heavy atom. The van der Waals surface area contributed by atoms with Crippen molar-refractivity contribution in [3.8, 4) is 11.5 Å². The topological polar surface area (TPSA) is 73.6 Å². The van der Waals surface area contributed by atoms with Crippen LogP contribution in [0.15, 0.2) is 18.2 Å². The Bertz CT molecular complexity index is 543. The van der Waals surface area contributed by atoms with Crippen molar-refractivity contribution in [3.63, 3.8) is 0 Å². The number of para-hydroxylation sites is 1. The lowest BCUT2D eigenvalue weighted by Crippen LogP contribution is -2.41. The fourth-order valence-corrected chi connectivity index (χ4v) is 1.81. The van der Waals surface area contributed by atoms with Crippen molar-refractivity contribution in [2.75, 3.05) is 19.8 Å². The lowest BCUT2D eigenvalue weighted by Gasteiger charge is -2.24. The predicted molar refractivity (Wildman–Crippen MR) is 80.3 cm³/mol. The fourth-order valence-electron chi connectivity index (χ4n) is 1.74. The molecule has 0 saturated heterocycles. The monoisotopic (exact) mass is 294 g/mol. The minimum Gasteiger partial charge on any atom is -0.486 e. The average molecular weight is 294 g/mol. The number of nitrogens with one attached hydrogen (secondary N) is 1. The molecule has 3 N–H and O–H groups in total. The van der Waals surface area contributed by atoms with Gasteiger partial charge in [-0.25, -0.2) is 0 Å². The first-order valence-electron chi connectivity index (χ1n) is 6.38. The standard InChI is InChI=1S/C14H18N2O3S/c1-14(2,13(15)20)8-16-12(17)9-4-3-5-10-11(9)19-7-6-18-10/h3-5H,6-8H2,1-2H3,(H2,15,20)(H,16,17). The third-order valence-electron chi connectivity index (χ3n) is 3.17. The quantitative estimate of drug-likeness (QED) is 0.823. The van der Waals surface area contributed by atoms with Crippen molar-refractivity contribution in [1.29, 1.82) is 0 Å². The van der Waals surface area contributed by atoms with Crippen LogP contribution in [0.1, 0.15) is 24.2 Å². The molecule has 0 radical (unpaired) electrons. The largest absolute Gasteiger partial charge is 0.486 e. The predicted octanol–water partition coefficient (Wildman–Crippen LogP) is 1.50. The maximum Gasteiger partial charge on any atom is 0.255 e. The van der Waals surface area contributed by atoms with Gasteiger partial charge in [0.15, 0.2) is 11.5 Å². The van der Waals surface area contributed by atoms with Crippen LogP contribution < -0.4 is 20.5 Å². The highest BCUT2D eigenvalue weighted by Crippen LogP contribution is 2.33. The number of nitrogens with two attached hydrogens (primary N) is 1. The Morgan fingerprint density at radius 3 is 2.80 bits per heavy atom. The molecule has 0 spiro atoms. The number of thiocarbonyl (C=S) groups is 1. The molecule has 0 fully saturated rings. The van der Waals surface area contributed by atoms with Gasteiger partial charge in [0.25, 0.3) is 5.91 Å². The first-order chi connectivity index (χ1) is 9.42. The van der Waals surface area contributed by atoms with Crippen molar-refractivity contribution < 1.29 is 14.3 Å². The van der Waals surface area contributed by atoms with Crippen molar-refractivity contribution >= 4 is 23.1 Å². The van der Waals surface area contributed by atoms with Gasteiger partial charge in [0.1, 0.15) is 13.2 Å². The molecule has 5 nitrogen and oxygen atoms in total. The van der Waals surface area contributed by atoms with Gasteiger partial charge in [0.2, 0.25) is 0 Å². The maximum absolute atomic E-state index is 12.3. The van der Waals surface area contributed by atoms with Crippen LogP contribution in [0, 0.1) is 5.41 Å². The second kappa shape index (κ2) is 5.66. The number of hydrogen-bond acceptors (Lipinski definition) is 4. The zero-order valence-corrected chi connectivity index (χ0v) is 12.4. The van der Waals surface area contributed by atoms with Gasteiger partial charge in [-0.1, -0.05) is 32.1 Å². The molecular weight excluding hydrogens is 276 g/mol. The van der Waals surface area contributed by atoms with Crippen LogP contribution in [0.2, 0.25) is 0 Å². The Hall–Kier alpha value is -1.82. The highest BCUT2D eigenvalue weighted by Gasteiger charge is 2.25. The highest BCUT2D eigenvalue weighted by molar-refractivity contribution is 7.80. The lowest BCUT2D eigenvalue weighted by atomic mass is 9.93. The van der Waals surface area contributed by atoms with Crippen LogP contribution in [0.25, 0.3) is 0 Å². The molecular formula is C14H18N2O3S. The molecule has 1 heterocycles. The molecule has 0 bridgehead atoms. The summed E-state index contributed by atoms with van der Waals surface area (Å²) in [5.41, 5.74) is 5.67. The number of hydrogen-bond donors (Lipinski definition) is 2. The maximum atomic E-state index is 12.3. The van der Waals surface area contributed by atoms with Gasteiger partial charge >= 0.3 is 0 Å². The Labute approximate surface area is 123 Å². The number of carbonyl (C=O) groups excluding carboxylic acids is 1. The van der Waals surface area contributed by atoms with Crippen molar-refractivity contribution in [2.45, 2.75) is 13.8 Å².